The first-order chi connectivity index (χ1) is 9.83. The van der Waals surface area contributed by atoms with Crippen molar-refractivity contribution in [1.82, 2.24) is 4.98 Å². The highest BCUT2D eigenvalue weighted by molar-refractivity contribution is 5.69. The van der Waals surface area contributed by atoms with Gasteiger partial charge in [-0.25, -0.2) is 4.98 Å². The molecule has 1 atom stereocenters. The van der Waals surface area contributed by atoms with Crippen molar-refractivity contribution in [2.75, 3.05) is 55.4 Å². The highest BCUT2D eigenvalue weighted by Gasteiger charge is 2.17. The second-order valence-electron chi connectivity index (χ2n) is 5.25. The molecule has 0 spiro atoms. The minimum absolute atomic E-state index is 0.300. The largest absolute Gasteiger partial charge is 0.396 e. The van der Waals surface area contributed by atoms with E-state index in [1.54, 1.807) is 6.20 Å². The van der Waals surface area contributed by atoms with E-state index in [4.69, 9.17) is 15.2 Å². The monoisotopic (exact) mass is 278 g/mol. The molecule has 2 saturated heterocycles. The van der Waals surface area contributed by atoms with Gasteiger partial charge in [-0.2, -0.15) is 0 Å². The summed E-state index contributed by atoms with van der Waals surface area (Å²) < 4.78 is 11.0. The lowest BCUT2D eigenvalue weighted by molar-refractivity contribution is 0.120. The van der Waals surface area contributed by atoms with Crippen LogP contribution in [0.5, 0.6) is 0 Å². The summed E-state index contributed by atoms with van der Waals surface area (Å²) in [6.07, 6.45) is 4.29. The third-order valence-corrected chi connectivity index (χ3v) is 3.80. The molecule has 2 fully saturated rings. The van der Waals surface area contributed by atoms with Crippen molar-refractivity contribution < 1.29 is 9.47 Å². The number of pyridine rings is 1. The first-order valence-corrected chi connectivity index (χ1v) is 7.26. The van der Waals surface area contributed by atoms with Gasteiger partial charge in [0.25, 0.3) is 0 Å². The summed E-state index contributed by atoms with van der Waals surface area (Å²) in [6.45, 7) is 4.94. The number of morpholine rings is 1. The number of anilines is 3. The van der Waals surface area contributed by atoms with Crippen LogP contribution in [0, 0.1) is 0 Å². The van der Waals surface area contributed by atoms with E-state index in [1.807, 2.05) is 6.07 Å². The van der Waals surface area contributed by atoms with Gasteiger partial charge in [-0.15, -0.1) is 0 Å². The fourth-order valence-corrected chi connectivity index (χ4v) is 2.60. The molecule has 0 aromatic carbocycles. The van der Waals surface area contributed by atoms with Gasteiger partial charge in [-0.3, -0.25) is 0 Å². The molecule has 3 rings (SSSR count). The molecule has 0 saturated carbocycles. The number of nitrogens with two attached hydrogens (primary N) is 1. The van der Waals surface area contributed by atoms with Crippen molar-refractivity contribution in [3.63, 3.8) is 0 Å². The van der Waals surface area contributed by atoms with E-state index >= 15 is 0 Å². The Morgan fingerprint density at radius 3 is 2.95 bits per heavy atom. The number of hydrogen-bond donors (Lipinski definition) is 2. The Bertz CT molecular complexity index is 443. The first-order valence-electron chi connectivity index (χ1n) is 7.26. The molecule has 20 heavy (non-hydrogen) atoms. The molecule has 0 unspecified atom stereocenters. The van der Waals surface area contributed by atoms with Gasteiger partial charge in [0.2, 0.25) is 0 Å². The number of aromatic nitrogens is 1. The third-order valence-electron chi connectivity index (χ3n) is 3.80. The van der Waals surface area contributed by atoms with Crippen molar-refractivity contribution in [2.24, 2.45) is 0 Å². The van der Waals surface area contributed by atoms with Gasteiger partial charge in [-0.05, 0) is 12.8 Å². The van der Waals surface area contributed by atoms with Gasteiger partial charge >= 0.3 is 0 Å². The smallest absolute Gasteiger partial charge is 0.130 e. The Morgan fingerprint density at radius 1 is 1.35 bits per heavy atom. The van der Waals surface area contributed by atoms with Crippen molar-refractivity contribution in [1.29, 1.82) is 0 Å². The molecule has 0 amide bonds. The van der Waals surface area contributed by atoms with Gasteiger partial charge in [-0.1, -0.05) is 0 Å². The summed E-state index contributed by atoms with van der Waals surface area (Å²) in [5.41, 5.74) is 7.62. The molecule has 2 aliphatic heterocycles. The van der Waals surface area contributed by atoms with Crippen LogP contribution in [-0.2, 0) is 9.47 Å². The minimum Gasteiger partial charge on any atom is -0.396 e. The molecule has 0 aliphatic carbocycles. The lowest BCUT2D eigenvalue weighted by atomic mass is 10.2. The zero-order valence-corrected chi connectivity index (χ0v) is 11.7. The number of ether oxygens (including phenoxy) is 2. The quantitative estimate of drug-likeness (QED) is 0.859. The third kappa shape index (κ3) is 3.13. The van der Waals surface area contributed by atoms with Crippen LogP contribution in [0.25, 0.3) is 0 Å². The Hall–Kier alpha value is -1.53. The first kappa shape index (κ1) is 13.5. The maximum Gasteiger partial charge on any atom is 0.130 e. The van der Waals surface area contributed by atoms with Crippen LogP contribution >= 0.6 is 0 Å². The second kappa shape index (κ2) is 6.28. The molecular formula is C14H22N4O2. The summed E-state index contributed by atoms with van der Waals surface area (Å²) in [5, 5.41) is 3.39. The average molecular weight is 278 g/mol. The molecule has 6 nitrogen and oxygen atoms in total. The Morgan fingerprint density at radius 2 is 2.20 bits per heavy atom. The van der Waals surface area contributed by atoms with E-state index in [1.165, 1.54) is 0 Å². The molecule has 2 aliphatic rings. The molecule has 6 heteroatoms. The number of nitrogens with zero attached hydrogens (tertiary/aromatic N) is 2. The summed E-state index contributed by atoms with van der Waals surface area (Å²) >= 11 is 0. The Labute approximate surface area is 119 Å². The molecule has 0 bridgehead atoms. The van der Waals surface area contributed by atoms with Crippen LogP contribution in [0.4, 0.5) is 17.2 Å². The van der Waals surface area contributed by atoms with Crippen LogP contribution in [0.3, 0.4) is 0 Å². The van der Waals surface area contributed by atoms with Gasteiger partial charge in [0, 0.05) is 32.3 Å². The molecule has 110 valence electrons. The topological polar surface area (TPSA) is 72.6 Å². The molecule has 1 aromatic heterocycles. The summed E-state index contributed by atoms with van der Waals surface area (Å²) in [6, 6.07) is 2.02. The van der Waals surface area contributed by atoms with Crippen molar-refractivity contribution in [3.8, 4) is 0 Å². The van der Waals surface area contributed by atoms with E-state index in [-0.39, 0.29) is 0 Å². The van der Waals surface area contributed by atoms with Crippen LogP contribution < -0.4 is 16.0 Å². The highest BCUT2D eigenvalue weighted by atomic mass is 16.5. The normalized spacial score (nSPS) is 23.0. The van der Waals surface area contributed by atoms with Gasteiger partial charge in [0.1, 0.15) is 5.82 Å². The number of rotatable bonds is 4. The fraction of sp³-hybridized carbons (Fsp3) is 0.643. The predicted octanol–water partition coefficient (Wildman–Crippen LogP) is 1.09. The highest BCUT2D eigenvalue weighted by Crippen LogP contribution is 2.24. The van der Waals surface area contributed by atoms with E-state index in [0.717, 1.165) is 63.8 Å². The summed E-state index contributed by atoms with van der Waals surface area (Å²) in [7, 11) is 0. The van der Waals surface area contributed by atoms with Gasteiger partial charge in [0.15, 0.2) is 0 Å². The molecule has 3 heterocycles. The standard InChI is InChI=1S/C14H22N4O2/c15-12-10-17-14(18-3-6-19-7-4-18)8-13(12)16-9-11-2-1-5-20-11/h8,10-11H,1-7,9,15H2,(H,16,17)/t11-/m1/s1. The summed E-state index contributed by atoms with van der Waals surface area (Å²) in [4.78, 5) is 6.64. The zero-order valence-electron chi connectivity index (χ0n) is 11.7. The van der Waals surface area contributed by atoms with E-state index in [9.17, 15) is 0 Å². The maximum atomic E-state index is 5.99. The Balaban J connectivity index is 1.65. The maximum absolute atomic E-state index is 5.99. The number of nitrogen functional groups attached to an aromatic ring is 1. The molecular weight excluding hydrogens is 256 g/mol. The molecule has 0 radical (unpaired) electrons. The fourth-order valence-electron chi connectivity index (χ4n) is 2.60. The van der Waals surface area contributed by atoms with Crippen molar-refractivity contribution >= 4 is 17.2 Å². The van der Waals surface area contributed by atoms with Crippen LogP contribution in [0.2, 0.25) is 0 Å². The number of nitrogens with one attached hydrogen (secondary N) is 1. The molecule has 1 aromatic rings. The lowest BCUT2D eigenvalue weighted by Crippen LogP contribution is -2.36. The number of hydrogen-bond acceptors (Lipinski definition) is 6. The van der Waals surface area contributed by atoms with E-state index < -0.39 is 0 Å². The minimum atomic E-state index is 0.300. The van der Waals surface area contributed by atoms with Gasteiger partial charge < -0.3 is 25.4 Å². The predicted molar refractivity (Wildman–Crippen MR) is 79.1 cm³/mol. The lowest BCUT2D eigenvalue weighted by Gasteiger charge is -2.28. The Kier molecular flexibility index (Phi) is 4.22. The second-order valence-corrected chi connectivity index (χ2v) is 5.25. The van der Waals surface area contributed by atoms with Crippen LogP contribution in [0.1, 0.15) is 12.8 Å². The van der Waals surface area contributed by atoms with Crippen LogP contribution in [0.15, 0.2) is 12.3 Å². The van der Waals surface area contributed by atoms with Crippen molar-refractivity contribution in [2.45, 2.75) is 18.9 Å². The van der Waals surface area contributed by atoms with Gasteiger partial charge in [0.05, 0.1) is 36.9 Å². The summed E-state index contributed by atoms with van der Waals surface area (Å²) in [5.74, 6) is 0.956. The van der Waals surface area contributed by atoms with Crippen LogP contribution in [-0.4, -0.2) is 50.5 Å². The zero-order chi connectivity index (χ0) is 13.8. The van der Waals surface area contributed by atoms with E-state index in [2.05, 4.69) is 15.2 Å². The van der Waals surface area contributed by atoms with E-state index in [0.29, 0.717) is 11.8 Å². The average Bonchev–Trinajstić information content (AvgIpc) is 3.01. The molecule has 3 N–H and O–H groups in total. The SMILES string of the molecule is Nc1cnc(N2CCOCC2)cc1NC[C@H]1CCCO1. The van der Waals surface area contributed by atoms with Crippen molar-refractivity contribution in [3.05, 3.63) is 12.3 Å².